The molecule has 1 aromatic rings. The second kappa shape index (κ2) is 5.82. The molecular weight excluding hydrogens is 216 g/mol. The van der Waals surface area contributed by atoms with Crippen molar-refractivity contribution in [2.75, 3.05) is 31.6 Å². The van der Waals surface area contributed by atoms with Crippen LogP contribution in [0.25, 0.3) is 0 Å². The van der Waals surface area contributed by atoms with E-state index in [0.29, 0.717) is 12.4 Å². The Kier molecular flexibility index (Phi) is 4.14. The summed E-state index contributed by atoms with van der Waals surface area (Å²) < 4.78 is 5.30. The average molecular weight is 236 g/mol. The first kappa shape index (κ1) is 12.1. The predicted octanol–water partition coefficient (Wildman–Crippen LogP) is 0.977. The van der Waals surface area contributed by atoms with Gasteiger partial charge in [0, 0.05) is 24.8 Å². The molecule has 0 aromatic carbocycles. The van der Waals surface area contributed by atoms with Crippen molar-refractivity contribution in [2.45, 2.75) is 25.7 Å². The molecule has 1 fully saturated rings. The molecule has 5 nitrogen and oxygen atoms in total. The molecule has 2 N–H and O–H groups in total. The number of nitrogens with two attached hydrogens (primary N) is 1. The topological polar surface area (TPSA) is 64.3 Å². The number of hydrogen-bond acceptors (Lipinski definition) is 5. The summed E-state index contributed by atoms with van der Waals surface area (Å²) in [4.78, 5) is 11.1. The highest BCUT2D eigenvalue weighted by atomic mass is 16.5. The highest BCUT2D eigenvalue weighted by molar-refractivity contribution is 5.36. The first-order valence-electron chi connectivity index (χ1n) is 6.20. The molecule has 0 aliphatic carbocycles. The van der Waals surface area contributed by atoms with Crippen LogP contribution in [0.2, 0.25) is 0 Å². The van der Waals surface area contributed by atoms with Crippen molar-refractivity contribution in [1.29, 1.82) is 0 Å². The van der Waals surface area contributed by atoms with Gasteiger partial charge in [-0.15, -0.1) is 0 Å². The van der Waals surface area contributed by atoms with E-state index in [1.54, 1.807) is 7.11 Å². The average Bonchev–Trinajstić information content (AvgIpc) is 2.40. The summed E-state index contributed by atoms with van der Waals surface area (Å²) in [5, 5.41) is 0. The largest absolute Gasteiger partial charge is 0.481 e. The molecule has 1 aliphatic heterocycles. The number of methoxy groups -OCH3 is 1. The molecule has 0 unspecified atom stereocenters. The van der Waals surface area contributed by atoms with Gasteiger partial charge in [-0.05, 0) is 32.2 Å². The fourth-order valence-corrected chi connectivity index (χ4v) is 2.13. The molecule has 0 spiro atoms. The highest BCUT2D eigenvalue weighted by Gasteiger charge is 2.15. The van der Waals surface area contributed by atoms with Crippen LogP contribution in [0.1, 0.15) is 24.8 Å². The normalized spacial score (nSPS) is 16.0. The lowest BCUT2D eigenvalue weighted by Crippen LogP contribution is -2.31. The van der Waals surface area contributed by atoms with Gasteiger partial charge in [-0.1, -0.05) is 0 Å². The molecule has 2 heterocycles. The first-order chi connectivity index (χ1) is 8.35. The third-order valence-corrected chi connectivity index (χ3v) is 3.06. The molecule has 0 amide bonds. The zero-order chi connectivity index (χ0) is 12.1. The molecule has 0 atom stereocenters. The standard InChI is InChI=1S/C12H20N4O/c1-17-11-10(5-6-13)9-14-12(15-11)16-7-3-2-4-8-16/h9H,2-8,13H2,1H3. The van der Waals surface area contributed by atoms with Crippen LogP contribution in [0.4, 0.5) is 5.95 Å². The van der Waals surface area contributed by atoms with Gasteiger partial charge in [-0.3, -0.25) is 0 Å². The van der Waals surface area contributed by atoms with Crippen molar-refractivity contribution in [3.8, 4) is 5.88 Å². The lowest BCUT2D eigenvalue weighted by Gasteiger charge is -2.26. The van der Waals surface area contributed by atoms with Crippen LogP contribution in [-0.4, -0.2) is 36.7 Å². The van der Waals surface area contributed by atoms with Crippen LogP contribution >= 0.6 is 0 Å². The number of aromatic nitrogens is 2. The Morgan fingerprint density at radius 3 is 2.76 bits per heavy atom. The van der Waals surface area contributed by atoms with Gasteiger partial charge in [0.05, 0.1) is 7.11 Å². The van der Waals surface area contributed by atoms with Gasteiger partial charge in [0.25, 0.3) is 0 Å². The molecule has 5 heteroatoms. The van der Waals surface area contributed by atoms with Crippen molar-refractivity contribution in [1.82, 2.24) is 9.97 Å². The van der Waals surface area contributed by atoms with E-state index in [0.717, 1.165) is 31.0 Å². The van der Waals surface area contributed by atoms with E-state index in [1.165, 1.54) is 19.3 Å². The van der Waals surface area contributed by atoms with Crippen LogP contribution in [0.3, 0.4) is 0 Å². The summed E-state index contributed by atoms with van der Waals surface area (Å²) in [6.07, 6.45) is 6.33. The van der Waals surface area contributed by atoms with Gasteiger partial charge in [-0.2, -0.15) is 4.98 Å². The SMILES string of the molecule is COc1nc(N2CCCCC2)ncc1CCN. The maximum absolute atomic E-state index is 5.54. The summed E-state index contributed by atoms with van der Waals surface area (Å²) in [5.41, 5.74) is 6.53. The number of ether oxygens (including phenoxy) is 1. The van der Waals surface area contributed by atoms with E-state index < -0.39 is 0 Å². The minimum atomic E-state index is 0.586. The number of piperidine rings is 1. The molecule has 94 valence electrons. The molecule has 2 rings (SSSR count). The number of anilines is 1. The van der Waals surface area contributed by atoms with Crippen molar-refractivity contribution < 1.29 is 4.74 Å². The molecule has 1 saturated heterocycles. The van der Waals surface area contributed by atoms with E-state index in [9.17, 15) is 0 Å². The second-order valence-corrected chi connectivity index (χ2v) is 4.29. The van der Waals surface area contributed by atoms with Crippen molar-refractivity contribution in [3.05, 3.63) is 11.8 Å². The van der Waals surface area contributed by atoms with Crippen molar-refractivity contribution in [2.24, 2.45) is 5.73 Å². The lowest BCUT2D eigenvalue weighted by atomic mass is 10.1. The van der Waals surface area contributed by atoms with Gasteiger partial charge in [0.2, 0.25) is 11.8 Å². The molecule has 17 heavy (non-hydrogen) atoms. The van der Waals surface area contributed by atoms with E-state index >= 15 is 0 Å². The Morgan fingerprint density at radius 1 is 1.35 bits per heavy atom. The van der Waals surface area contributed by atoms with Crippen LogP contribution in [0, 0.1) is 0 Å². The smallest absolute Gasteiger partial charge is 0.228 e. The van der Waals surface area contributed by atoms with Gasteiger partial charge >= 0.3 is 0 Å². The third kappa shape index (κ3) is 2.85. The van der Waals surface area contributed by atoms with E-state index in [4.69, 9.17) is 10.5 Å². The Labute approximate surface area is 102 Å². The summed E-state index contributed by atoms with van der Waals surface area (Å²) in [7, 11) is 1.64. The second-order valence-electron chi connectivity index (χ2n) is 4.29. The molecular formula is C12H20N4O. The minimum Gasteiger partial charge on any atom is -0.481 e. The monoisotopic (exact) mass is 236 g/mol. The minimum absolute atomic E-state index is 0.586. The molecule has 0 bridgehead atoms. The third-order valence-electron chi connectivity index (χ3n) is 3.06. The number of nitrogens with zero attached hydrogens (tertiary/aromatic N) is 3. The number of rotatable bonds is 4. The Morgan fingerprint density at radius 2 is 2.12 bits per heavy atom. The van der Waals surface area contributed by atoms with Crippen LogP contribution in [-0.2, 0) is 6.42 Å². The fourth-order valence-electron chi connectivity index (χ4n) is 2.13. The zero-order valence-electron chi connectivity index (χ0n) is 10.4. The molecule has 0 radical (unpaired) electrons. The quantitative estimate of drug-likeness (QED) is 0.844. The van der Waals surface area contributed by atoms with Gasteiger partial charge in [0.15, 0.2) is 0 Å². The lowest BCUT2D eigenvalue weighted by molar-refractivity contribution is 0.390. The van der Waals surface area contributed by atoms with E-state index in [-0.39, 0.29) is 0 Å². The fraction of sp³-hybridized carbons (Fsp3) is 0.667. The predicted molar refractivity (Wildman–Crippen MR) is 67.4 cm³/mol. The van der Waals surface area contributed by atoms with Crippen LogP contribution < -0.4 is 15.4 Å². The molecule has 0 saturated carbocycles. The molecule has 1 aliphatic rings. The zero-order valence-corrected chi connectivity index (χ0v) is 10.4. The summed E-state index contributed by atoms with van der Waals surface area (Å²) in [6.45, 7) is 2.67. The van der Waals surface area contributed by atoms with Crippen LogP contribution in [0.15, 0.2) is 6.20 Å². The van der Waals surface area contributed by atoms with E-state index in [2.05, 4.69) is 14.9 Å². The van der Waals surface area contributed by atoms with Crippen molar-refractivity contribution >= 4 is 5.95 Å². The maximum Gasteiger partial charge on any atom is 0.228 e. The summed E-state index contributed by atoms with van der Waals surface area (Å²) >= 11 is 0. The highest BCUT2D eigenvalue weighted by Crippen LogP contribution is 2.21. The van der Waals surface area contributed by atoms with E-state index in [1.807, 2.05) is 6.20 Å². The van der Waals surface area contributed by atoms with Crippen molar-refractivity contribution in [3.63, 3.8) is 0 Å². The Hall–Kier alpha value is -1.36. The van der Waals surface area contributed by atoms with Gasteiger partial charge < -0.3 is 15.4 Å². The first-order valence-corrected chi connectivity index (χ1v) is 6.20. The number of hydrogen-bond donors (Lipinski definition) is 1. The van der Waals surface area contributed by atoms with Crippen LogP contribution in [0.5, 0.6) is 5.88 Å². The van der Waals surface area contributed by atoms with Gasteiger partial charge in [0.1, 0.15) is 0 Å². The van der Waals surface area contributed by atoms with Gasteiger partial charge in [-0.25, -0.2) is 4.98 Å². The Balaban J connectivity index is 2.17. The maximum atomic E-state index is 5.54. The summed E-state index contributed by atoms with van der Waals surface area (Å²) in [5.74, 6) is 1.44. The summed E-state index contributed by atoms with van der Waals surface area (Å²) in [6, 6.07) is 0. The molecule has 1 aromatic heterocycles. The Bertz CT molecular complexity index is 364.